The molecular formula is C15H20ClN3O. The SMILES string of the molecule is CCCOc1ccc(C(N)Cn2ncc(Cl)c2C)cc1. The average Bonchev–Trinajstić information content (AvgIpc) is 2.77. The van der Waals surface area contributed by atoms with E-state index in [2.05, 4.69) is 12.0 Å². The highest BCUT2D eigenvalue weighted by atomic mass is 35.5. The van der Waals surface area contributed by atoms with Crippen LogP contribution in [0.15, 0.2) is 30.5 Å². The van der Waals surface area contributed by atoms with Crippen LogP contribution in [0.2, 0.25) is 5.02 Å². The molecule has 0 saturated heterocycles. The Kier molecular flexibility index (Phi) is 5.04. The summed E-state index contributed by atoms with van der Waals surface area (Å²) in [6, 6.07) is 7.78. The van der Waals surface area contributed by atoms with Gasteiger partial charge in [0.25, 0.3) is 0 Å². The summed E-state index contributed by atoms with van der Waals surface area (Å²) in [5.74, 6) is 0.876. The summed E-state index contributed by atoms with van der Waals surface area (Å²) >= 11 is 5.99. The molecule has 1 aromatic carbocycles. The fourth-order valence-corrected chi connectivity index (χ4v) is 2.07. The molecule has 0 saturated carbocycles. The quantitative estimate of drug-likeness (QED) is 0.889. The molecule has 0 aliphatic heterocycles. The van der Waals surface area contributed by atoms with E-state index in [0.29, 0.717) is 11.6 Å². The van der Waals surface area contributed by atoms with E-state index in [-0.39, 0.29) is 6.04 Å². The summed E-state index contributed by atoms with van der Waals surface area (Å²) in [4.78, 5) is 0. The Morgan fingerprint density at radius 1 is 1.35 bits per heavy atom. The molecule has 1 atom stereocenters. The van der Waals surface area contributed by atoms with Crippen molar-refractivity contribution in [1.82, 2.24) is 9.78 Å². The largest absolute Gasteiger partial charge is 0.494 e. The zero-order valence-corrected chi connectivity index (χ0v) is 12.6. The van der Waals surface area contributed by atoms with E-state index in [1.807, 2.05) is 35.9 Å². The molecule has 0 aliphatic carbocycles. The molecule has 1 heterocycles. The van der Waals surface area contributed by atoms with Crippen LogP contribution in [0.1, 0.15) is 30.6 Å². The van der Waals surface area contributed by atoms with E-state index >= 15 is 0 Å². The molecule has 108 valence electrons. The maximum atomic E-state index is 6.21. The minimum absolute atomic E-state index is 0.120. The van der Waals surface area contributed by atoms with Crippen molar-refractivity contribution >= 4 is 11.6 Å². The van der Waals surface area contributed by atoms with Gasteiger partial charge < -0.3 is 10.5 Å². The summed E-state index contributed by atoms with van der Waals surface area (Å²) < 4.78 is 7.38. The number of rotatable bonds is 6. The van der Waals surface area contributed by atoms with E-state index in [0.717, 1.165) is 30.0 Å². The number of aromatic nitrogens is 2. The topological polar surface area (TPSA) is 53.1 Å². The Labute approximate surface area is 124 Å². The molecule has 0 amide bonds. The Morgan fingerprint density at radius 3 is 2.60 bits per heavy atom. The molecule has 0 spiro atoms. The van der Waals surface area contributed by atoms with Crippen molar-refractivity contribution in [3.05, 3.63) is 46.7 Å². The van der Waals surface area contributed by atoms with Gasteiger partial charge in [0.2, 0.25) is 0 Å². The number of hydrogen-bond donors (Lipinski definition) is 1. The first-order valence-electron chi connectivity index (χ1n) is 6.78. The van der Waals surface area contributed by atoms with Crippen LogP contribution >= 0.6 is 11.6 Å². The van der Waals surface area contributed by atoms with Crippen LogP contribution in [0, 0.1) is 6.92 Å². The summed E-state index contributed by atoms with van der Waals surface area (Å²) in [5, 5.41) is 4.89. The molecule has 0 aliphatic rings. The first-order valence-corrected chi connectivity index (χ1v) is 7.16. The molecule has 20 heavy (non-hydrogen) atoms. The summed E-state index contributed by atoms with van der Waals surface area (Å²) in [6.45, 7) is 5.36. The summed E-state index contributed by atoms with van der Waals surface area (Å²) in [5.41, 5.74) is 8.20. The van der Waals surface area contributed by atoms with E-state index < -0.39 is 0 Å². The molecule has 0 radical (unpaired) electrons. The monoisotopic (exact) mass is 293 g/mol. The van der Waals surface area contributed by atoms with Gasteiger partial charge in [0, 0.05) is 6.04 Å². The maximum absolute atomic E-state index is 6.21. The predicted octanol–water partition coefficient (Wildman–Crippen LogP) is 3.33. The maximum Gasteiger partial charge on any atom is 0.119 e. The van der Waals surface area contributed by atoms with Crippen LogP contribution in [-0.2, 0) is 6.54 Å². The average molecular weight is 294 g/mol. The Hall–Kier alpha value is -1.52. The van der Waals surface area contributed by atoms with Crippen molar-refractivity contribution in [2.24, 2.45) is 5.73 Å². The smallest absolute Gasteiger partial charge is 0.119 e. The molecule has 5 heteroatoms. The third-order valence-corrected chi connectivity index (χ3v) is 3.57. The van der Waals surface area contributed by atoms with E-state index in [9.17, 15) is 0 Å². The third-order valence-electron chi connectivity index (χ3n) is 3.19. The van der Waals surface area contributed by atoms with Gasteiger partial charge in [0.1, 0.15) is 5.75 Å². The first-order chi connectivity index (χ1) is 9.61. The second kappa shape index (κ2) is 6.77. The molecule has 0 bridgehead atoms. The Morgan fingerprint density at radius 2 is 2.05 bits per heavy atom. The standard InChI is InChI=1S/C15H20ClN3O/c1-3-8-20-13-6-4-12(5-7-13)15(17)10-19-11(2)14(16)9-18-19/h4-7,9,15H,3,8,10,17H2,1-2H3. The van der Waals surface area contributed by atoms with E-state index in [1.54, 1.807) is 6.20 Å². The van der Waals surface area contributed by atoms with Gasteiger partial charge in [-0.25, -0.2) is 0 Å². The minimum atomic E-state index is -0.120. The van der Waals surface area contributed by atoms with Crippen LogP contribution in [-0.4, -0.2) is 16.4 Å². The van der Waals surface area contributed by atoms with E-state index in [1.165, 1.54) is 0 Å². The lowest BCUT2D eigenvalue weighted by molar-refractivity contribution is 0.317. The number of ether oxygens (including phenoxy) is 1. The van der Waals surface area contributed by atoms with Crippen molar-refractivity contribution in [3.8, 4) is 5.75 Å². The zero-order chi connectivity index (χ0) is 14.5. The zero-order valence-electron chi connectivity index (χ0n) is 11.8. The molecule has 1 aromatic heterocycles. The molecule has 2 N–H and O–H groups in total. The van der Waals surface area contributed by atoms with Crippen molar-refractivity contribution < 1.29 is 4.74 Å². The van der Waals surface area contributed by atoms with Crippen molar-refractivity contribution in [3.63, 3.8) is 0 Å². The number of benzene rings is 1. The van der Waals surface area contributed by atoms with Crippen molar-refractivity contribution in [1.29, 1.82) is 0 Å². The fraction of sp³-hybridized carbons (Fsp3) is 0.400. The number of hydrogen-bond acceptors (Lipinski definition) is 3. The Balaban J connectivity index is 2.02. The first kappa shape index (κ1) is 14.9. The van der Waals surface area contributed by atoms with Gasteiger partial charge >= 0.3 is 0 Å². The van der Waals surface area contributed by atoms with Crippen LogP contribution in [0.5, 0.6) is 5.75 Å². The van der Waals surface area contributed by atoms with Crippen LogP contribution in [0.4, 0.5) is 0 Å². The Bertz CT molecular complexity index is 551. The molecule has 2 rings (SSSR count). The minimum Gasteiger partial charge on any atom is -0.494 e. The number of nitrogens with zero attached hydrogens (tertiary/aromatic N) is 2. The molecule has 4 nitrogen and oxygen atoms in total. The van der Waals surface area contributed by atoms with Crippen molar-refractivity contribution in [2.45, 2.75) is 32.9 Å². The van der Waals surface area contributed by atoms with Crippen molar-refractivity contribution in [2.75, 3.05) is 6.61 Å². The van der Waals surface area contributed by atoms with Gasteiger partial charge in [-0.15, -0.1) is 0 Å². The normalized spacial score (nSPS) is 12.4. The van der Waals surface area contributed by atoms with Gasteiger partial charge in [-0.05, 0) is 31.0 Å². The van der Waals surface area contributed by atoms with Gasteiger partial charge in [0.15, 0.2) is 0 Å². The van der Waals surface area contributed by atoms with Gasteiger partial charge in [-0.2, -0.15) is 5.10 Å². The fourth-order valence-electron chi connectivity index (χ4n) is 1.93. The molecule has 2 aromatic rings. The third kappa shape index (κ3) is 3.52. The lowest BCUT2D eigenvalue weighted by Gasteiger charge is -2.14. The lowest BCUT2D eigenvalue weighted by Crippen LogP contribution is -2.19. The van der Waals surface area contributed by atoms with E-state index in [4.69, 9.17) is 22.1 Å². The van der Waals surface area contributed by atoms with Crippen LogP contribution < -0.4 is 10.5 Å². The summed E-state index contributed by atoms with van der Waals surface area (Å²) in [6.07, 6.45) is 2.64. The highest BCUT2D eigenvalue weighted by Crippen LogP contribution is 2.20. The molecular weight excluding hydrogens is 274 g/mol. The van der Waals surface area contributed by atoms with Crippen LogP contribution in [0.3, 0.4) is 0 Å². The summed E-state index contributed by atoms with van der Waals surface area (Å²) in [7, 11) is 0. The molecule has 1 unspecified atom stereocenters. The predicted molar refractivity (Wildman–Crippen MR) is 81.1 cm³/mol. The van der Waals surface area contributed by atoms with Gasteiger partial charge in [0.05, 0.1) is 30.1 Å². The van der Waals surface area contributed by atoms with Gasteiger partial charge in [-0.3, -0.25) is 4.68 Å². The lowest BCUT2D eigenvalue weighted by atomic mass is 10.1. The number of nitrogens with two attached hydrogens (primary N) is 1. The molecule has 0 fully saturated rings. The second-order valence-electron chi connectivity index (χ2n) is 4.78. The highest BCUT2D eigenvalue weighted by molar-refractivity contribution is 6.31. The number of halogens is 1. The van der Waals surface area contributed by atoms with Crippen LogP contribution in [0.25, 0.3) is 0 Å². The highest BCUT2D eigenvalue weighted by Gasteiger charge is 2.11. The second-order valence-corrected chi connectivity index (χ2v) is 5.19. The van der Waals surface area contributed by atoms with Gasteiger partial charge in [-0.1, -0.05) is 30.7 Å².